The van der Waals surface area contributed by atoms with Crippen molar-refractivity contribution >= 4 is 42.4 Å². The third-order valence-electron chi connectivity index (χ3n) is 4.44. The molecule has 0 saturated carbocycles. The van der Waals surface area contributed by atoms with Crippen molar-refractivity contribution in [2.24, 2.45) is 5.92 Å². The largest absolute Gasteiger partial charge is 0.302 e. The summed E-state index contributed by atoms with van der Waals surface area (Å²) in [5.41, 5.74) is 3.45. The summed E-state index contributed by atoms with van der Waals surface area (Å²) in [4.78, 5) is 17.2. The SMILES string of the molecule is Cc1nn(CC(C)C)c(C)c1CC(=O)Nc1nc2ccc(S(C)(=O)=O)cc2s1. The molecular weight excluding hydrogens is 396 g/mol. The van der Waals surface area contributed by atoms with Crippen LogP contribution in [0, 0.1) is 19.8 Å². The monoisotopic (exact) mass is 420 g/mol. The maximum absolute atomic E-state index is 12.5. The number of fused-ring (bicyclic) bond motifs is 1. The van der Waals surface area contributed by atoms with Gasteiger partial charge in [-0.2, -0.15) is 5.10 Å². The van der Waals surface area contributed by atoms with Crippen LogP contribution in [-0.2, 0) is 27.6 Å². The van der Waals surface area contributed by atoms with Gasteiger partial charge < -0.3 is 5.32 Å². The van der Waals surface area contributed by atoms with E-state index in [1.54, 1.807) is 12.1 Å². The number of carbonyl (C=O) groups excluding carboxylic acids is 1. The average Bonchev–Trinajstić information content (AvgIpc) is 3.08. The fourth-order valence-electron chi connectivity index (χ4n) is 3.03. The van der Waals surface area contributed by atoms with Crippen LogP contribution in [0.4, 0.5) is 5.13 Å². The Bertz CT molecular complexity index is 1140. The van der Waals surface area contributed by atoms with E-state index in [0.717, 1.165) is 28.2 Å². The zero-order valence-corrected chi connectivity index (χ0v) is 18.2. The molecule has 150 valence electrons. The minimum atomic E-state index is -3.28. The number of aromatic nitrogens is 3. The molecule has 2 aromatic heterocycles. The number of hydrogen-bond acceptors (Lipinski definition) is 6. The van der Waals surface area contributed by atoms with Gasteiger partial charge in [-0.15, -0.1) is 0 Å². The Labute approximate surface area is 168 Å². The Morgan fingerprint density at radius 3 is 2.64 bits per heavy atom. The van der Waals surface area contributed by atoms with Crippen LogP contribution in [0.3, 0.4) is 0 Å². The first-order valence-corrected chi connectivity index (χ1v) is 11.7. The Balaban J connectivity index is 1.77. The molecule has 3 rings (SSSR count). The summed E-state index contributed by atoms with van der Waals surface area (Å²) < 4.78 is 26.1. The van der Waals surface area contributed by atoms with Crippen molar-refractivity contribution in [2.75, 3.05) is 11.6 Å². The van der Waals surface area contributed by atoms with Crippen LogP contribution in [0.2, 0.25) is 0 Å². The Morgan fingerprint density at radius 1 is 1.29 bits per heavy atom. The molecule has 0 aliphatic heterocycles. The lowest BCUT2D eigenvalue weighted by molar-refractivity contribution is -0.115. The third kappa shape index (κ3) is 4.41. The predicted molar refractivity (Wildman–Crippen MR) is 112 cm³/mol. The van der Waals surface area contributed by atoms with Crippen molar-refractivity contribution in [3.8, 4) is 0 Å². The number of rotatable bonds is 6. The summed E-state index contributed by atoms with van der Waals surface area (Å²) in [5.74, 6) is 0.303. The molecular formula is C19H24N4O3S2. The topological polar surface area (TPSA) is 93.9 Å². The van der Waals surface area contributed by atoms with Gasteiger partial charge in [0.15, 0.2) is 15.0 Å². The fraction of sp³-hybridized carbons (Fsp3) is 0.421. The summed E-state index contributed by atoms with van der Waals surface area (Å²) in [7, 11) is -3.28. The number of sulfone groups is 1. The van der Waals surface area contributed by atoms with E-state index in [-0.39, 0.29) is 17.2 Å². The maximum Gasteiger partial charge on any atom is 0.230 e. The van der Waals surface area contributed by atoms with Gasteiger partial charge in [0.25, 0.3) is 0 Å². The number of hydrogen-bond donors (Lipinski definition) is 1. The molecule has 2 heterocycles. The minimum Gasteiger partial charge on any atom is -0.302 e. The number of aryl methyl sites for hydroxylation is 1. The van der Waals surface area contributed by atoms with Crippen molar-refractivity contribution in [2.45, 2.75) is 45.6 Å². The van der Waals surface area contributed by atoms with Crippen LogP contribution in [0.25, 0.3) is 10.2 Å². The van der Waals surface area contributed by atoms with Gasteiger partial charge in [0.1, 0.15) is 0 Å². The summed E-state index contributed by atoms with van der Waals surface area (Å²) in [5, 5.41) is 7.82. The van der Waals surface area contributed by atoms with Gasteiger partial charge >= 0.3 is 0 Å². The van der Waals surface area contributed by atoms with Crippen LogP contribution < -0.4 is 5.32 Å². The predicted octanol–water partition coefficient (Wildman–Crippen LogP) is 3.35. The molecule has 0 radical (unpaired) electrons. The maximum atomic E-state index is 12.5. The van der Waals surface area contributed by atoms with Gasteiger partial charge in [-0.3, -0.25) is 9.48 Å². The van der Waals surface area contributed by atoms with E-state index in [2.05, 4.69) is 29.2 Å². The van der Waals surface area contributed by atoms with Crippen molar-refractivity contribution in [3.05, 3.63) is 35.2 Å². The molecule has 0 atom stereocenters. The Morgan fingerprint density at radius 2 is 2.00 bits per heavy atom. The van der Waals surface area contributed by atoms with Crippen molar-refractivity contribution in [3.63, 3.8) is 0 Å². The van der Waals surface area contributed by atoms with Gasteiger partial charge in [-0.25, -0.2) is 13.4 Å². The van der Waals surface area contributed by atoms with Crippen molar-refractivity contribution < 1.29 is 13.2 Å². The van der Waals surface area contributed by atoms with Gasteiger partial charge in [0.2, 0.25) is 5.91 Å². The number of anilines is 1. The van der Waals surface area contributed by atoms with E-state index in [1.165, 1.54) is 23.7 Å². The molecule has 1 N–H and O–H groups in total. The smallest absolute Gasteiger partial charge is 0.230 e. The number of nitrogens with zero attached hydrogens (tertiary/aromatic N) is 3. The highest BCUT2D eigenvalue weighted by Crippen LogP contribution is 2.28. The van der Waals surface area contributed by atoms with E-state index in [0.29, 0.717) is 16.6 Å². The van der Waals surface area contributed by atoms with Gasteiger partial charge in [0, 0.05) is 24.1 Å². The highest BCUT2D eigenvalue weighted by Gasteiger charge is 2.17. The highest BCUT2D eigenvalue weighted by molar-refractivity contribution is 7.90. The third-order valence-corrected chi connectivity index (χ3v) is 6.49. The van der Waals surface area contributed by atoms with E-state index in [1.807, 2.05) is 18.5 Å². The van der Waals surface area contributed by atoms with Gasteiger partial charge in [-0.1, -0.05) is 25.2 Å². The molecule has 28 heavy (non-hydrogen) atoms. The van der Waals surface area contributed by atoms with E-state index in [4.69, 9.17) is 0 Å². The molecule has 9 heteroatoms. The van der Waals surface area contributed by atoms with E-state index in [9.17, 15) is 13.2 Å². The second kappa shape index (κ2) is 7.63. The van der Waals surface area contributed by atoms with Crippen LogP contribution in [-0.4, -0.2) is 35.3 Å². The highest BCUT2D eigenvalue weighted by atomic mass is 32.2. The average molecular weight is 421 g/mol. The molecule has 0 aliphatic rings. The molecule has 0 fully saturated rings. The first-order valence-electron chi connectivity index (χ1n) is 8.98. The van der Waals surface area contributed by atoms with E-state index >= 15 is 0 Å². The van der Waals surface area contributed by atoms with Crippen LogP contribution in [0.1, 0.15) is 30.8 Å². The summed E-state index contributed by atoms with van der Waals surface area (Å²) >= 11 is 1.26. The standard InChI is InChI=1S/C19H24N4O3S2/c1-11(2)10-23-13(4)15(12(3)22-23)9-18(24)21-19-20-16-7-6-14(28(5,25)26)8-17(16)27-19/h6-8,11H,9-10H2,1-5H3,(H,20,21,24). The number of nitrogens with one attached hydrogen (secondary N) is 1. The summed E-state index contributed by atoms with van der Waals surface area (Å²) in [6, 6.07) is 4.77. The molecule has 1 aromatic carbocycles. The number of carbonyl (C=O) groups is 1. The molecule has 0 spiro atoms. The van der Waals surface area contributed by atoms with Crippen LogP contribution >= 0.6 is 11.3 Å². The zero-order chi connectivity index (χ0) is 20.6. The van der Waals surface area contributed by atoms with Crippen molar-refractivity contribution in [1.82, 2.24) is 14.8 Å². The summed E-state index contributed by atoms with van der Waals surface area (Å²) in [6.45, 7) is 8.97. The second-order valence-corrected chi connectivity index (χ2v) is 10.4. The fourth-order valence-corrected chi connectivity index (χ4v) is 4.67. The molecule has 0 bridgehead atoms. The first-order chi connectivity index (χ1) is 13.0. The van der Waals surface area contributed by atoms with Crippen molar-refractivity contribution in [1.29, 1.82) is 0 Å². The normalized spacial score (nSPS) is 12.1. The number of amides is 1. The van der Waals surface area contributed by atoms with Gasteiger partial charge in [0.05, 0.1) is 27.2 Å². The molecule has 0 aliphatic carbocycles. The number of thiazole rings is 1. The molecule has 7 nitrogen and oxygen atoms in total. The second-order valence-electron chi connectivity index (χ2n) is 7.37. The first kappa shape index (κ1) is 20.5. The molecule has 3 aromatic rings. The Hall–Kier alpha value is -2.26. The minimum absolute atomic E-state index is 0.169. The molecule has 1 amide bonds. The lowest BCUT2D eigenvalue weighted by Crippen LogP contribution is -2.15. The lowest BCUT2D eigenvalue weighted by atomic mass is 10.1. The lowest BCUT2D eigenvalue weighted by Gasteiger charge is -2.08. The van der Waals surface area contributed by atoms with Crippen LogP contribution in [0.5, 0.6) is 0 Å². The number of benzene rings is 1. The van der Waals surface area contributed by atoms with Gasteiger partial charge in [-0.05, 0) is 38.0 Å². The quantitative estimate of drug-likeness (QED) is 0.660. The zero-order valence-electron chi connectivity index (χ0n) is 16.6. The molecule has 0 saturated heterocycles. The molecule has 0 unspecified atom stereocenters. The van der Waals surface area contributed by atoms with Crippen LogP contribution in [0.15, 0.2) is 23.1 Å². The van der Waals surface area contributed by atoms with E-state index < -0.39 is 9.84 Å². The summed E-state index contributed by atoms with van der Waals surface area (Å²) in [6.07, 6.45) is 1.39. The Kier molecular flexibility index (Phi) is 5.58.